The quantitative estimate of drug-likeness (QED) is 0.889. The lowest BCUT2D eigenvalue weighted by atomic mass is 10.1. The summed E-state index contributed by atoms with van der Waals surface area (Å²) in [7, 11) is -3.45. The maximum Gasteiger partial charge on any atom is 0.225 e. The molecule has 0 unspecified atom stereocenters. The van der Waals surface area contributed by atoms with Crippen molar-refractivity contribution in [1.82, 2.24) is 0 Å². The van der Waals surface area contributed by atoms with Crippen LogP contribution in [-0.2, 0) is 27.5 Å². The molecule has 0 heterocycles. The molecular weight excluding hydrogens is 334 g/mol. The number of hydrogen-bond donors (Lipinski definition) is 1. The zero-order chi connectivity index (χ0) is 18.0. The van der Waals surface area contributed by atoms with Crippen molar-refractivity contribution in [1.29, 1.82) is 0 Å². The molecule has 0 aliphatic heterocycles. The second kappa shape index (κ2) is 7.00. The van der Waals surface area contributed by atoms with Crippen LogP contribution in [-0.4, -0.2) is 20.1 Å². The Bertz CT molecular complexity index is 896. The summed E-state index contributed by atoms with van der Waals surface area (Å²) in [5.74, 6) is -0.454. The summed E-state index contributed by atoms with van der Waals surface area (Å²) in [5.41, 5.74) is 5.07. The predicted molar refractivity (Wildman–Crippen MR) is 99.7 cm³/mol. The molecule has 0 radical (unpaired) electrons. The molecule has 2 aromatic rings. The maximum atomic E-state index is 12.5. The lowest BCUT2D eigenvalue weighted by Crippen LogP contribution is -2.18. The Balaban J connectivity index is 1.67. The van der Waals surface area contributed by atoms with Gasteiger partial charge in [-0.15, -0.1) is 0 Å². The van der Waals surface area contributed by atoms with Gasteiger partial charge in [0.2, 0.25) is 5.91 Å². The molecule has 0 atom stereocenters. The van der Waals surface area contributed by atoms with Crippen molar-refractivity contribution in [2.45, 2.75) is 44.4 Å². The van der Waals surface area contributed by atoms with Gasteiger partial charge in [0.25, 0.3) is 0 Å². The highest BCUT2D eigenvalue weighted by atomic mass is 32.2. The van der Waals surface area contributed by atoms with E-state index in [-0.39, 0.29) is 18.1 Å². The van der Waals surface area contributed by atoms with Crippen LogP contribution in [0.4, 0.5) is 5.69 Å². The summed E-state index contributed by atoms with van der Waals surface area (Å²) in [6.07, 6.45) is 2.99. The van der Waals surface area contributed by atoms with Crippen molar-refractivity contribution in [2.24, 2.45) is 0 Å². The number of hydrogen-bond acceptors (Lipinski definition) is 3. The normalized spacial score (nSPS) is 13.5. The summed E-state index contributed by atoms with van der Waals surface area (Å²) >= 11 is 0. The van der Waals surface area contributed by atoms with Crippen molar-refractivity contribution in [3.05, 3.63) is 58.7 Å². The number of amides is 1. The molecule has 0 saturated heterocycles. The zero-order valence-electron chi connectivity index (χ0n) is 14.6. The lowest BCUT2D eigenvalue weighted by molar-refractivity contribution is -0.115. The first-order valence-corrected chi connectivity index (χ1v) is 10.2. The molecule has 132 valence electrons. The van der Waals surface area contributed by atoms with Crippen LogP contribution in [0.2, 0.25) is 0 Å². The van der Waals surface area contributed by atoms with Crippen molar-refractivity contribution in [3.63, 3.8) is 0 Å². The number of para-hydroxylation sites is 1. The second-order valence-corrected chi connectivity index (χ2v) is 8.78. The minimum atomic E-state index is -3.45. The Kier molecular flexibility index (Phi) is 4.95. The van der Waals surface area contributed by atoms with Gasteiger partial charge in [-0.2, -0.15) is 0 Å². The third-order valence-corrected chi connectivity index (χ3v) is 6.49. The fraction of sp³-hybridized carbons (Fsp3) is 0.350. The fourth-order valence-electron chi connectivity index (χ4n) is 3.30. The van der Waals surface area contributed by atoms with E-state index in [1.54, 1.807) is 12.1 Å². The Labute approximate surface area is 149 Å². The fourth-order valence-corrected chi connectivity index (χ4v) is 4.59. The monoisotopic (exact) mass is 357 g/mol. The molecular formula is C20H23NO3S. The number of sulfone groups is 1. The minimum Gasteiger partial charge on any atom is -0.326 e. The number of anilines is 1. The van der Waals surface area contributed by atoms with E-state index in [2.05, 4.69) is 5.32 Å². The van der Waals surface area contributed by atoms with Crippen molar-refractivity contribution < 1.29 is 13.2 Å². The van der Waals surface area contributed by atoms with E-state index in [1.807, 2.05) is 38.1 Å². The van der Waals surface area contributed by atoms with E-state index >= 15 is 0 Å². The molecule has 25 heavy (non-hydrogen) atoms. The first-order valence-electron chi connectivity index (χ1n) is 8.57. The molecule has 2 aromatic carbocycles. The van der Waals surface area contributed by atoms with Gasteiger partial charge in [-0.1, -0.05) is 24.3 Å². The molecule has 1 aliphatic rings. The van der Waals surface area contributed by atoms with Crippen LogP contribution >= 0.6 is 0 Å². The van der Waals surface area contributed by atoms with Crippen molar-refractivity contribution in [2.75, 3.05) is 11.1 Å². The molecule has 1 N–H and O–H groups in total. The molecule has 1 amide bonds. The molecule has 0 aromatic heterocycles. The maximum absolute atomic E-state index is 12.5. The Morgan fingerprint density at radius 3 is 2.44 bits per heavy atom. The van der Waals surface area contributed by atoms with Gasteiger partial charge < -0.3 is 5.32 Å². The highest BCUT2D eigenvalue weighted by Crippen LogP contribution is 2.25. The van der Waals surface area contributed by atoms with Crippen LogP contribution in [0.3, 0.4) is 0 Å². The number of carbonyl (C=O) groups excluding carboxylic acids is 1. The first-order chi connectivity index (χ1) is 11.9. The Morgan fingerprint density at radius 2 is 1.72 bits per heavy atom. The predicted octanol–water partition coefficient (Wildman–Crippen LogP) is 3.59. The number of rotatable bonds is 5. The lowest BCUT2D eigenvalue weighted by Gasteiger charge is -2.12. The topological polar surface area (TPSA) is 63.2 Å². The molecule has 5 heteroatoms. The summed E-state index contributed by atoms with van der Waals surface area (Å²) in [4.78, 5) is 12.5. The molecule has 4 nitrogen and oxygen atoms in total. The number of benzene rings is 2. The molecule has 0 spiro atoms. The molecule has 0 bridgehead atoms. The van der Waals surface area contributed by atoms with Gasteiger partial charge in [-0.05, 0) is 67.5 Å². The average molecular weight is 357 g/mol. The van der Waals surface area contributed by atoms with Crippen LogP contribution in [0, 0.1) is 13.8 Å². The van der Waals surface area contributed by atoms with Gasteiger partial charge in [-0.25, -0.2) is 8.42 Å². The van der Waals surface area contributed by atoms with Gasteiger partial charge in [0.15, 0.2) is 9.84 Å². The van der Waals surface area contributed by atoms with Crippen LogP contribution in [0.25, 0.3) is 0 Å². The van der Waals surface area contributed by atoms with E-state index in [4.69, 9.17) is 0 Å². The molecule has 0 saturated carbocycles. The zero-order valence-corrected chi connectivity index (χ0v) is 15.4. The third-order valence-electron chi connectivity index (χ3n) is 4.77. The summed E-state index contributed by atoms with van der Waals surface area (Å²) in [6.45, 7) is 3.84. The second-order valence-electron chi connectivity index (χ2n) is 6.67. The van der Waals surface area contributed by atoms with E-state index < -0.39 is 9.84 Å². The van der Waals surface area contributed by atoms with E-state index in [0.717, 1.165) is 41.6 Å². The largest absolute Gasteiger partial charge is 0.326 e. The molecule has 0 fully saturated rings. The SMILES string of the molecule is Cc1cccc(C)c1NC(=O)CCS(=O)(=O)c1ccc2c(c1)CCC2. The highest BCUT2D eigenvalue weighted by molar-refractivity contribution is 7.91. The molecule has 3 rings (SSSR count). The smallest absolute Gasteiger partial charge is 0.225 e. The van der Waals surface area contributed by atoms with E-state index in [0.29, 0.717) is 4.90 Å². The first kappa shape index (κ1) is 17.7. The van der Waals surface area contributed by atoms with Gasteiger partial charge in [-0.3, -0.25) is 4.79 Å². The standard InChI is InChI=1S/C20H23NO3S/c1-14-5-3-6-15(2)20(14)21-19(22)11-12-25(23,24)18-10-9-16-7-4-8-17(16)13-18/h3,5-6,9-10,13H,4,7-8,11-12H2,1-2H3,(H,21,22). The Morgan fingerprint density at radius 1 is 1.04 bits per heavy atom. The van der Waals surface area contributed by atoms with Gasteiger partial charge in [0.1, 0.15) is 0 Å². The number of aryl methyl sites for hydroxylation is 4. The van der Waals surface area contributed by atoms with Gasteiger partial charge in [0, 0.05) is 12.1 Å². The highest BCUT2D eigenvalue weighted by Gasteiger charge is 2.20. The van der Waals surface area contributed by atoms with Crippen LogP contribution in [0.5, 0.6) is 0 Å². The number of carbonyl (C=O) groups is 1. The van der Waals surface area contributed by atoms with Gasteiger partial charge >= 0.3 is 0 Å². The van der Waals surface area contributed by atoms with Crippen molar-refractivity contribution in [3.8, 4) is 0 Å². The van der Waals surface area contributed by atoms with E-state index in [9.17, 15) is 13.2 Å². The van der Waals surface area contributed by atoms with E-state index in [1.165, 1.54) is 5.56 Å². The van der Waals surface area contributed by atoms with Crippen LogP contribution < -0.4 is 5.32 Å². The Hall–Kier alpha value is -2.14. The summed E-state index contributed by atoms with van der Waals surface area (Å²) in [5, 5.41) is 2.84. The third kappa shape index (κ3) is 3.93. The van der Waals surface area contributed by atoms with Gasteiger partial charge in [0.05, 0.1) is 10.6 Å². The summed E-state index contributed by atoms with van der Waals surface area (Å²) < 4.78 is 25.1. The molecule has 1 aliphatic carbocycles. The average Bonchev–Trinajstić information content (AvgIpc) is 3.04. The number of nitrogens with one attached hydrogen (secondary N) is 1. The number of fused-ring (bicyclic) bond motifs is 1. The minimum absolute atomic E-state index is 0.0484. The summed E-state index contributed by atoms with van der Waals surface area (Å²) in [6, 6.07) is 11.1. The van der Waals surface area contributed by atoms with Crippen LogP contribution in [0.1, 0.15) is 35.1 Å². The van der Waals surface area contributed by atoms with Crippen molar-refractivity contribution >= 4 is 21.4 Å². The van der Waals surface area contributed by atoms with Crippen LogP contribution in [0.15, 0.2) is 41.3 Å².